The molecule has 0 aliphatic rings. The summed E-state index contributed by atoms with van der Waals surface area (Å²) < 4.78 is 12.9. The van der Waals surface area contributed by atoms with Gasteiger partial charge in [0.2, 0.25) is 0 Å². The van der Waals surface area contributed by atoms with E-state index in [0.717, 1.165) is 13.0 Å². The van der Waals surface area contributed by atoms with Crippen molar-refractivity contribution in [1.29, 1.82) is 5.26 Å². The van der Waals surface area contributed by atoms with Crippen molar-refractivity contribution < 1.29 is 4.39 Å². The van der Waals surface area contributed by atoms with E-state index in [1.165, 1.54) is 12.1 Å². The van der Waals surface area contributed by atoms with Crippen molar-refractivity contribution in [1.82, 2.24) is 0 Å². The molecule has 86 valence electrons. The highest BCUT2D eigenvalue weighted by Gasteiger charge is 2.10. The van der Waals surface area contributed by atoms with Gasteiger partial charge >= 0.3 is 0 Å². The number of nitrogens with zero attached hydrogens (tertiary/aromatic N) is 1. The predicted molar refractivity (Wildman–Crippen MR) is 63.7 cm³/mol. The highest BCUT2D eigenvalue weighted by molar-refractivity contribution is 5.57. The van der Waals surface area contributed by atoms with Gasteiger partial charge in [-0.2, -0.15) is 5.26 Å². The molecule has 3 heteroatoms. The van der Waals surface area contributed by atoms with Gasteiger partial charge in [0.15, 0.2) is 0 Å². The number of halogens is 1. The summed E-state index contributed by atoms with van der Waals surface area (Å²) in [4.78, 5) is 0. The smallest absolute Gasteiger partial charge is 0.124 e. The van der Waals surface area contributed by atoms with Crippen LogP contribution < -0.4 is 5.32 Å². The lowest BCUT2D eigenvalue weighted by Gasteiger charge is -2.18. The molecule has 0 saturated heterocycles. The summed E-state index contributed by atoms with van der Waals surface area (Å²) >= 11 is 0. The highest BCUT2D eigenvalue weighted by Crippen LogP contribution is 2.20. The zero-order valence-corrected chi connectivity index (χ0v) is 9.97. The van der Waals surface area contributed by atoms with E-state index in [1.54, 1.807) is 6.07 Å². The number of anilines is 1. The molecule has 2 nitrogen and oxygen atoms in total. The monoisotopic (exact) mass is 220 g/mol. The molecule has 1 rings (SSSR count). The third kappa shape index (κ3) is 3.90. The van der Waals surface area contributed by atoms with Crippen molar-refractivity contribution in [2.24, 2.45) is 5.41 Å². The maximum atomic E-state index is 12.9. The van der Waals surface area contributed by atoms with Crippen molar-refractivity contribution >= 4 is 5.69 Å². The first kappa shape index (κ1) is 12.5. The van der Waals surface area contributed by atoms with E-state index >= 15 is 0 Å². The first-order chi connectivity index (χ1) is 7.42. The molecule has 0 spiro atoms. The molecule has 0 saturated carbocycles. The maximum Gasteiger partial charge on any atom is 0.124 e. The average molecular weight is 220 g/mol. The molecule has 0 atom stereocenters. The Kier molecular flexibility index (Phi) is 3.89. The van der Waals surface area contributed by atoms with Crippen LogP contribution in [0.1, 0.15) is 32.8 Å². The minimum Gasteiger partial charge on any atom is -0.384 e. The summed E-state index contributed by atoms with van der Waals surface area (Å²) in [5, 5.41) is 12.0. The SMILES string of the molecule is CC(C)(C)CCNc1ccc(F)cc1C#N. The van der Waals surface area contributed by atoms with E-state index < -0.39 is 0 Å². The molecule has 0 radical (unpaired) electrons. The van der Waals surface area contributed by atoms with E-state index in [0.29, 0.717) is 11.3 Å². The highest BCUT2D eigenvalue weighted by atomic mass is 19.1. The number of rotatable bonds is 3. The van der Waals surface area contributed by atoms with Crippen LogP contribution >= 0.6 is 0 Å². The van der Waals surface area contributed by atoms with Gasteiger partial charge in [-0.15, -0.1) is 0 Å². The molecule has 1 aromatic carbocycles. The third-order valence-electron chi connectivity index (χ3n) is 2.29. The van der Waals surface area contributed by atoms with Crippen LogP contribution in [0.4, 0.5) is 10.1 Å². The molecule has 0 heterocycles. The lowest BCUT2D eigenvalue weighted by Crippen LogP contribution is -2.13. The number of hydrogen-bond donors (Lipinski definition) is 1. The minimum absolute atomic E-state index is 0.250. The van der Waals surface area contributed by atoms with Gasteiger partial charge < -0.3 is 5.32 Å². The van der Waals surface area contributed by atoms with Crippen molar-refractivity contribution in [3.63, 3.8) is 0 Å². The van der Waals surface area contributed by atoms with E-state index in [4.69, 9.17) is 5.26 Å². The second-order valence-electron chi connectivity index (χ2n) is 5.04. The van der Waals surface area contributed by atoms with Gasteiger partial charge in [0, 0.05) is 6.54 Å². The molecule has 16 heavy (non-hydrogen) atoms. The summed E-state index contributed by atoms with van der Waals surface area (Å²) in [7, 11) is 0. The summed E-state index contributed by atoms with van der Waals surface area (Å²) in [6.45, 7) is 7.25. The molecule has 0 amide bonds. The molecular weight excluding hydrogens is 203 g/mol. The fourth-order valence-electron chi connectivity index (χ4n) is 1.34. The number of nitrogens with one attached hydrogen (secondary N) is 1. The third-order valence-corrected chi connectivity index (χ3v) is 2.29. The Bertz CT molecular complexity index is 399. The zero-order valence-electron chi connectivity index (χ0n) is 9.97. The Morgan fingerprint density at radius 1 is 1.38 bits per heavy atom. The standard InChI is InChI=1S/C13H17FN2/c1-13(2,3)6-7-16-12-5-4-11(14)8-10(12)9-15/h4-5,8,16H,6-7H2,1-3H3. The largest absolute Gasteiger partial charge is 0.384 e. The molecule has 0 unspecified atom stereocenters. The van der Waals surface area contributed by atoms with Gasteiger partial charge in [-0.1, -0.05) is 20.8 Å². The minimum atomic E-state index is -0.377. The Hall–Kier alpha value is -1.56. The van der Waals surface area contributed by atoms with E-state index in [9.17, 15) is 4.39 Å². The molecular formula is C13H17FN2. The quantitative estimate of drug-likeness (QED) is 0.845. The first-order valence-electron chi connectivity index (χ1n) is 5.36. The zero-order chi connectivity index (χ0) is 12.2. The van der Waals surface area contributed by atoms with Crippen LogP contribution in [-0.4, -0.2) is 6.54 Å². The first-order valence-corrected chi connectivity index (χ1v) is 5.36. The summed E-state index contributed by atoms with van der Waals surface area (Å²) in [5.41, 5.74) is 1.31. The van der Waals surface area contributed by atoms with Gasteiger partial charge in [-0.25, -0.2) is 4.39 Å². The van der Waals surface area contributed by atoms with Gasteiger partial charge in [-0.05, 0) is 30.0 Å². The van der Waals surface area contributed by atoms with Crippen LogP contribution in [0.15, 0.2) is 18.2 Å². The second-order valence-corrected chi connectivity index (χ2v) is 5.04. The second kappa shape index (κ2) is 4.98. The Morgan fingerprint density at radius 3 is 2.62 bits per heavy atom. The van der Waals surface area contributed by atoms with Crippen molar-refractivity contribution in [2.45, 2.75) is 27.2 Å². The lowest BCUT2D eigenvalue weighted by atomic mass is 9.92. The predicted octanol–water partition coefficient (Wildman–Crippen LogP) is 3.55. The number of hydrogen-bond acceptors (Lipinski definition) is 2. The van der Waals surface area contributed by atoms with Crippen LogP contribution in [0.3, 0.4) is 0 Å². The Morgan fingerprint density at radius 2 is 2.06 bits per heavy atom. The van der Waals surface area contributed by atoms with Crippen molar-refractivity contribution in [2.75, 3.05) is 11.9 Å². The van der Waals surface area contributed by atoms with Gasteiger partial charge in [0.05, 0.1) is 11.3 Å². The molecule has 0 bridgehead atoms. The Labute approximate surface area is 96.1 Å². The van der Waals surface area contributed by atoms with Crippen LogP contribution in [0, 0.1) is 22.6 Å². The maximum absolute atomic E-state index is 12.9. The van der Waals surface area contributed by atoms with Crippen LogP contribution in [0.25, 0.3) is 0 Å². The van der Waals surface area contributed by atoms with Gasteiger partial charge in [-0.3, -0.25) is 0 Å². The molecule has 0 aliphatic carbocycles. The molecule has 1 N–H and O–H groups in total. The van der Waals surface area contributed by atoms with Crippen LogP contribution in [0.2, 0.25) is 0 Å². The Balaban J connectivity index is 2.65. The fraction of sp³-hybridized carbons (Fsp3) is 0.462. The molecule has 0 aliphatic heterocycles. The van der Waals surface area contributed by atoms with Crippen LogP contribution in [-0.2, 0) is 0 Å². The average Bonchev–Trinajstić information content (AvgIpc) is 2.18. The van der Waals surface area contributed by atoms with E-state index in [-0.39, 0.29) is 11.2 Å². The van der Waals surface area contributed by atoms with Gasteiger partial charge in [0.25, 0.3) is 0 Å². The number of benzene rings is 1. The van der Waals surface area contributed by atoms with Crippen LogP contribution in [0.5, 0.6) is 0 Å². The topological polar surface area (TPSA) is 35.8 Å². The molecule has 0 aromatic heterocycles. The van der Waals surface area contributed by atoms with Crippen molar-refractivity contribution in [3.05, 3.63) is 29.6 Å². The van der Waals surface area contributed by atoms with Crippen molar-refractivity contribution in [3.8, 4) is 6.07 Å². The summed E-state index contributed by atoms with van der Waals surface area (Å²) in [6, 6.07) is 6.20. The number of nitriles is 1. The van der Waals surface area contributed by atoms with E-state index in [1.807, 2.05) is 6.07 Å². The lowest BCUT2D eigenvalue weighted by molar-refractivity contribution is 0.390. The molecule has 1 aromatic rings. The normalized spacial score (nSPS) is 10.9. The summed E-state index contributed by atoms with van der Waals surface area (Å²) in [6.07, 6.45) is 0.995. The van der Waals surface area contributed by atoms with E-state index in [2.05, 4.69) is 26.1 Å². The fourth-order valence-corrected chi connectivity index (χ4v) is 1.34. The van der Waals surface area contributed by atoms with Gasteiger partial charge in [0.1, 0.15) is 11.9 Å². The molecule has 0 fully saturated rings. The summed E-state index contributed by atoms with van der Waals surface area (Å²) in [5.74, 6) is -0.377.